The molecule has 1 aromatic carbocycles. The molecule has 0 aliphatic heterocycles. The minimum absolute atomic E-state index is 0.134. The van der Waals surface area contributed by atoms with Crippen molar-refractivity contribution < 1.29 is 0 Å². The van der Waals surface area contributed by atoms with Gasteiger partial charge in [-0.25, -0.2) is 4.98 Å². The zero-order chi connectivity index (χ0) is 14.1. The highest BCUT2D eigenvalue weighted by Crippen LogP contribution is 2.32. The number of rotatable bonds is 3. The minimum atomic E-state index is -0.134. The van der Waals surface area contributed by atoms with E-state index in [2.05, 4.69) is 4.98 Å². The van der Waals surface area contributed by atoms with Crippen LogP contribution in [0.25, 0.3) is 10.6 Å². The first-order valence-corrected chi connectivity index (χ1v) is 8.05. The molecule has 0 fully saturated rings. The van der Waals surface area contributed by atoms with Crippen LogP contribution in [0.15, 0.2) is 41.2 Å². The van der Waals surface area contributed by atoms with Gasteiger partial charge in [-0.2, -0.15) is 0 Å². The van der Waals surface area contributed by atoms with Gasteiger partial charge in [-0.05, 0) is 11.5 Å². The van der Waals surface area contributed by atoms with Crippen molar-refractivity contribution in [2.45, 2.75) is 6.54 Å². The third-order valence-electron chi connectivity index (χ3n) is 2.64. The van der Waals surface area contributed by atoms with Crippen molar-refractivity contribution in [3.05, 3.63) is 61.1 Å². The van der Waals surface area contributed by atoms with E-state index in [4.69, 9.17) is 23.2 Å². The van der Waals surface area contributed by atoms with Gasteiger partial charge in [0.25, 0.3) is 5.56 Å². The highest BCUT2D eigenvalue weighted by Gasteiger charge is 2.13. The fourth-order valence-corrected chi connectivity index (χ4v) is 3.89. The largest absolute Gasteiger partial charge is 0.268 e. The number of hydrogen-bond donors (Lipinski definition) is 0. The highest BCUT2D eigenvalue weighted by atomic mass is 35.5. The van der Waals surface area contributed by atoms with Gasteiger partial charge in [0.2, 0.25) is 0 Å². The minimum Gasteiger partial charge on any atom is -0.268 e. The molecule has 0 saturated carbocycles. The van der Waals surface area contributed by atoms with Crippen molar-refractivity contribution in [1.82, 2.24) is 8.94 Å². The standard InChI is InChI=1S/C13H8Cl2N2OS2/c14-10-6-11(18)17(20-10)7-9-12(15)19-13(16-9)8-4-2-1-3-5-8/h1-6H,7H2. The van der Waals surface area contributed by atoms with Crippen LogP contribution in [0.3, 0.4) is 0 Å². The van der Waals surface area contributed by atoms with Gasteiger partial charge >= 0.3 is 0 Å². The predicted octanol–water partition coefficient (Wildman–Crippen LogP) is 4.39. The van der Waals surface area contributed by atoms with E-state index >= 15 is 0 Å². The maximum absolute atomic E-state index is 11.7. The lowest BCUT2D eigenvalue weighted by Gasteiger charge is -1.97. The van der Waals surface area contributed by atoms with Crippen LogP contribution < -0.4 is 5.56 Å². The summed E-state index contributed by atoms with van der Waals surface area (Å²) in [6.45, 7) is 0.346. The van der Waals surface area contributed by atoms with Crippen LogP contribution in [-0.2, 0) is 6.54 Å². The summed E-state index contributed by atoms with van der Waals surface area (Å²) < 4.78 is 2.60. The van der Waals surface area contributed by atoms with Gasteiger partial charge in [0.05, 0.1) is 12.2 Å². The molecule has 0 aliphatic rings. The van der Waals surface area contributed by atoms with Crippen molar-refractivity contribution >= 4 is 46.1 Å². The first-order valence-electron chi connectivity index (χ1n) is 5.71. The molecule has 0 atom stereocenters. The molecule has 0 radical (unpaired) electrons. The van der Waals surface area contributed by atoms with E-state index in [9.17, 15) is 4.79 Å². The van der Waals surface area contributed by atoms with Gasteiger partial charge in [-0.1, -0.05) is 53.5 Å². The van der Waals surface area contributed by atoms with E-state index in [1.165, 1.54) is 32.9 Å². The third kappa shape index (κ3) is 2.81. The Morgan fingerprint density at radius 2 is 1.95 bits per heavy atom. The zero-order valence-corrected chi connectivity index (χ0v) is 13.2. The molecule has 3 aromatic rings. The molecule has 20 heavy (non-hydrogen) atoms. The summed E-state index contributed by atoms with van der Waals surface area (Å²) in [7, 11) is 0. The Morgan fingerprint density at radius 3 is 2.60 bits per heavy atom. The van der Waals surface area contributed by atoms with E-state index in [0.29, 0.717) is 20.9 Å². The lowest BCUT2D eigenvalue weighted by molar-refractivity contribution is 0.827. The fraction of sp³-hybridized carbons (Fsp3) is 0.0769. The first-order chi connectivity index (χ1) is 9.63. The van der Waals surface area contributed by atoms with Crippen LogP contribution in [0.1, 0.15) is 5.69 Å². The zero-order valence-electron chi connectivity index (χ0n) is 10.0. The number of nitrogens with zero attached hydrogens (tertiary/aromatic N) is 2. The van der Waals surface area contributed by atoms with E-state index < -0.39 is 0 Å². The lowest BCUT2D eigenvalue weighted by Crippen LogP contribution is -2.12. The summed E-state index contributed by atoms with van der Waals surface area (Å²) in [5.74, 6) is 0. The number of aromatic nitrogens is 2. The molecule has 0 spiro atoms. The molecular weight excluding hydrogens is 335 g/mol. The van der Waals surface area contributed by atoms with Crippen molar-refractivity contribution in [2.24, 2.45) is 0 Å². The molecule has 0 amide bonds. The Morgan fingerprint density at radius 1 is 1.20 bits per heavy atom. The monoisotopic (exact) mass is 342 g/mol. The Kier molecular flexibility index (Phi) is 3.94. The summed E-state index contributed by atoms with van der Waals surface area (Å²) in [6.07, 6.45) is 0. The second-order valence-electron chi connectivity index (χ2n) is 4.02. The topological polar surface area (TPSA) is 34.9 Å². The molecule has 0 saturated heterocycles. The average Bonchev–Trinajstić information content (AvgIpc) is 2.95. The van der Waals surface area contributed by atoms with E-state index in [0.717, 1.165) is 10.6 Å². The molecular formula is C13H8Cl2N2OS2. The number of hydrogen-bond acceptors (Lipinski definition) is 4. The molecule has 3 nitrogen and oxygen atoms in total. The normalized spacial score (nSPS) is 10.9. The summed E-state index contributed by atoms with van der Waals surface area (Å²) >= 11 is 14.6. The van der Waals surface area contributed by atoms with Crippen LogP contribution in [0.4, 0.5) is 0 Å². The second kappa shape index (κ2) is 5.69. The maximum Gasteiger partial charge on any atom is 0.262 e. The Hall–Kier alpha value is -1.14. The Balaban J connectivity index is 1.94. The number of benzene rings is 1. The van der Waals surface area contributed by atoms with E-state index in [-0.39, 0.29) is 5.56 Å². The molecule has 0 bridgehead atoms. The van der Waals surface area contributed by atoms with Gasteiger partial charge in [0.1, 0.15) is 13.7 Å². The van der Waals surface area contributed by atoms with Gasteiger partial charge in [0.15, 0.2) is 0 Å². The Labute approximate surface area is 133 Å². The second-order valence-corrected chi connectivity index (χ2v) is 7.32. The smallest absolute Gasteiger partial charge is 0.262 e. The van der Waals surface area contributed by atoms with Gasteiger partial charge < -0.3 is 0 Å². The maximum atomic E-state index is 11.7. The van der Waals surface area contributed by atoms with Crippen LogP contribution in [0, 0.1) is 0 Å². The van der Waals surface area contributed by atoms with Crippen molar-refractivity contribution in [3.8, 4) is 10.6 Å². The molecule has 0 aliphatic carbocycles. The third-order valence-corrected chi connectivity index (χ3v) is 5.17. The number of thiazole rings is 1. The van der Waals surface area contributed by atoms with Gasteiger partial charge in [-0.3, -0.25) is 8.75 Å². The molecule has 3 rings (SSSR count). The predicted molar refractivity (Wildman–Crippen MR) is 85.3 cm³/mol. The van der Waals surface area contributed by atoms with Crippen LogP contribution >= 0.6 is 46.1 Å². The molecule has 0 unspecified atom stereocenters. The van der Waals surface area contributed by atoms with E-state index in [1.807, 2.05) is 30.3 Å². The van der Waals surface area contributed by atoms with Crippen molar-refractivity contribution in [2.75, 3.05) is 0 Å². The molecule has 0 N–H and O–H groups in total. The quantitative estimate of drug-likeness (QED) is 0.707. The summed E-state index contributed by atoms with van der Waals surface area (Å²) in [5, 5.41) is 0.848. The van der Waals surface area contributed by atoms with Crippen molar-refractivity contribution in [1.29, 1.82) is 0 Å². The molecule has 102 valence electrons. The molecule has 2 aromatic heterocycles. The fourth-order valence-electron chi connectivity index (χ4n) is 1.73. The summed E-state index contributed by atoms with van der Waals surface area (Å²) in [6, 6.07) is 11.2. The average molecular weight is 343 g/mol. The molecule has 7 heteroatoms. The molecule has 2 heterocycles. The van der Waals surface area contributed by atoms with Crippen LogP contribution in [-0.4, -0.2) is 8.94 Å². The lowest BCUT2D eigenvalue weighted by atomic mass is 10.2. The van der Waals surface area contributed by atoms with Gasteiger partial charge in [-0.15, -0.1) is 11.3 Å². The van der Waals surface area contributed by atoms with Crippen molar-refractivity contribution in [3.63, 3.8) is 0 Å². The van der Waals surface area contributed by atoms with Crippen LogP contribution in [0.2, 0.25) is 8.67 Å². The summed E-state index contributed by atoms with van der Waals surface area (Å²) in [5.41, 5.74) is 1.57. The number of halogens is 2. The summed E-state index contributed by atoms with van der Waals surface area (Å²) in [4.78, 5) is 16.2. The van der Waals surface area contributed by atoms with E-state index in [1.54, 1.807) is 0 Å². The Bertz CT molecular complexity index is 792. The van der Waals surface area contributed by atoms with Crippen LogP contribution in [0.5, 0.6) is 0 Å². The highest BCUT2D eigenvalue weighted by molar-refractivity contribution is 7.19. The van der Waals surface area contributed by atoms with Gasteiger partial charge in [0, 0.05) is 11.6 Å². The SMILES string of the molecule is O=c1cc(Cl)sn1Cc1nc(-c2ccccc2)sc1Cl. The first kappa shape index (κ1) is 13.8.